The van der Waals surface area contributed by atoms with Gasteiger partial charge in [-0.05, 0) is 49.7 Å². The molecule has 0 radical (unpaired) electrons. The molecule has 4 nitrogen and oxygen atoms in total. The van der Waals surface area contributed by atoms with Crippen molar-refractivity contribution in [2.24, 2.45) is 0 Å². The van der Waals surface area contributed by atoms with Crippen molar-refractivity contribution >= 4 is 11.7 Å². The average Bonchev–Trinajstić information content (AvgIpc) is 2.63. The third-order valence-corrected chi connectivity index (χ3v) is 4.75. The molecule has 0 bridgehead atoms. The van der Waals surface area contributed by atoms with Gasteiger partial charge in [0, 0.05) is 31.4 Å². The average molecular weight is 324 g/mol. The number of aromatic carboxylic acids is 1. The van der Waals surface area contributed by atoms with E-state index in [0.717, 1.165) is 25.2 Å². The van der Waals surface area contributed by atoms with Crippen molar-refractivity contribution in [1.29, 1.82) is 0 Å². The number of carboxylic acids is 1. The molecule has 1 heterocycles. The summed E-state index contributed by atoms with van der Waals surface area (Å²) in [6.07, 6.45) is 2.36. The molecule has 0 amide bonds. The quantitative estimate of drug-likeness (QED) is 0.914. The van der Waals surface area contributed by atoms with Crippen LogP contribution in [-0.2, 0) is 6.54 Å². The Labute approximate surface area is 143 Å². The van der Waals surface area contributed by atoms with Gasteiger partial charge in [0.05, 0.1) is 5.56 Å². The Bertz CT molecular complexity index is 687. The highest BCUT2D eigenvalue weighted by molar-refractivity contribution is 5.87. The summed E-state index contributed by atoms with van der Waals surface area (Å²) in [5.41, 5.74) is 2.69. The first-order valence-corrected chi connectivity index (χ1v) is 8.46. The Morgan fingerprint density at radius 1 is 1.21 bits per heavy atom. The number of carbonyl (C=O) groups is 1. The summed E-state index contributed by atoms with van der Waals surface area (Å²) in [5.74, 6) is -0.868. The van der Waals surface area contributed by atoms with Gasteiger partial charge in [-0.1, -0.05) is 30.3 Å². The molecule has 24 heavy (non-hydrogen) atoms. The van der Waals surface area contributed by atoms with Crippen molar-refractivity contribution in [2.75, 3.05) is 25.0 Å². The number of likely N-dealkylation sites (N-methyl/N-ethyl adjacent to an activating group) is 1. The summed E-state index contributed by atoms with van der Waals surface area (Å²) >= 11 is 0. The Morgan fingerprint density at radius 3 is 2.75 bits per heavy atom. The summed E-state index contributed by atoms with van der Waals surface area (Å²) < 4.78 is 0. The molecule has 1 fully saturated rings. The van der Waals surface area contributed by atoms with E-state index >= 15 is 0 Å². The molecule has 1 unspecified atom stereocenters. The fraction of sp³-hybridized carbons (Fsp3) is 0.350. The van der Waals surface area contributed by atoms with Crippen LogP contribution < -0.4 is 4.90 Å². The van der Waals surface area contributed by atoms with Crippen molar-refractivity contribution in [2.45, 2.75) is 25.4 Å². The monoisotopic (exact) mass is 324 g/mol. The third-order valence-electron chi connectivity index (χ3n) is 4.75. The maximum atomic E-state index is 11.1. The first-order valence-electron chi connectivity index (χ1n) is 8.46. The second-order valence-corrected chi connectivity index (χ2v) is 6.50. The highest BCUT2D eigenvalue weighted by atomic mass is 16.4. The van der Waals surface area contributed by atoms with Crippen LogP contribution in [0.2, 0.25) is 0 Å². The van der Waals surface area contributed by atoms with Gasteiger partial charge in [-0.25, -0.2) is 4.79 Å². The second-order valence-electron chi connectivity index (χ2n) is 6.50. The van der Waals surface area contributed by atoms with Gasteiger partial charge < -0.3 is 10.0 Å². The van der Waals surface area contributed by atoms with E-state index < -0.39 is 5.97 Å². The van der Waals surface area contributed by atoms with Crippen LogP contribution in [0.25, 0.3) is 0 Å². The summed E-state index contributed by atoms with van der Waals surface area (Å²) in [4.78, 5) is 15.9. The lowest BCUT2D eigenvalue weighted by Gasteiger charge is -2.39. The van der Waals surface area contributed by atoms with Gasteiger partial charge in [-0.2, -0.15) is 0 Å². The van der Waals surface area contributed by atoms with Crippen molar-refractivity contribution in [1.82, 2.24) is 4.90 Å². The molecular weight excluding hydrogens is 300 g/mol. The number of piperidine rings is 1. The number of hydrogen-bond acceptors (Lipinski definition) is 3. The number of benzene rings is 2. The predicted molar refractivity (Wildman–Crippen MR) is 96.5 cm³/mol. The number of para-hydroxylation sites is 1. The minimum Gasteiger partial charge on any atom is -0.478 e. The fourth-order valence-corrected chi connectivity index (χ4v) is 3.41. The predicted octanol–water partition coefficient (Wildman–Crippen LogP) is 3.49. The molecule has 1 aliphatic rings. The minimum atomic E-state index is -0.868. The number of nitrogens with zero attached hydrogens (tertiary/aromatic N) is 2. The van der Waals surface area contributed by atoms with Crippen LogP contribution in [0.1, 0.15) is 28.8 Å². The highest BCUT2D eigenvalue weighted by Crippen LogP contribution is 2.22. The first kappa shape index (κ1) is 16.5. The van der Waals surface area contributed by atoms with Crippen molar-refractivity contribution in [3.8, 4) is 0 Å². The van der Waals surface area contributed by atoms with Gasteiger partial charge in [0.15, 0.2) is 0 Å². The lowest BCUT2D eigenvalue weighted by Crippen LogP contribution is -2.46. The van der Waals surface area contributed by atoms with Crippen molar-refractivity contribution < 1.29 is 9.90 Å². The van der Waals surface area contributed by atoms with E-state index in [1.807, 2.05) is 18.2 Å². The zero-order valence-electron chi connectivity index (χ0n) is 14.1. The molecule has 2 aromatic rings. The molecule has 126 valence electrons. The molecule has 1 aliphatic heterocycles. The molecule has 1 atom stereocenters. The smallest absolute Gasteiger partial charge is 0.335 e. The molecule has 2 aromatic carbocycles. The van der Waals surface area contributed by atoms with Crippen molar-refractivity contribution in [3.05, 3.63) is 65.7 Å². The second kappa shape index (κ2) is 7.49. The molecule has 0 spiro atoms. The van der Waals surface area contributed by atoms with E-state index in [1.165, 1.54) is 18.5 Å². The van der Waals surface area contributed by atoms with Gasteiger partial charge >= 0.3 is 5.97 Å². The van der Waals surface area contributed by atoms with Gasteiger partial charge in [-0.15, -0.1) is 0 Å². The van der Waals surface area contributed by atoms with Gasteiger partial charge in [0.25, 0.3) is 0 Å². The number of anilines is 1. The van der Waals surface area contributed by atoms with Gasteiger partial charge in [-0.3, -0.25) is 4.90 Å². The van der Waals surface area contributed by atoms with Crippen LogP contribution >= 0.6 is 0 Å². The highest BCUT2D eigenvalue weighted by Gasteiger charge is 2.23. The molecular formula is C20H24N2O2. The summed E-state index contributed by atoms with van der Waals surface area (Å²) in [6.45, 7) is 2.89. The van der Waals surface area contributed by atoms with Gasteiger partial charge in [0.2, 0.25) is 0 Å². The Kier molecular flexibility index (Phi) is 5.16. The number of carboxylic acid groups (broad SMARTS) is 1. The standard InChI is InChI=1S/C20H24N2O2/c1-21(14-16-7-5-8-17(13-16)20(23)24)19-11-6-12-22(15-19)18-9-3-2-4-10-18/h2-5,7-10,13,19H,6,11-12,14-15H2,1H3,(H,23,24). The van der Waals surface area contributed by atoms with Crippen LogP contribution in [0.3, 0.4) is 0 Å². The number of rotatable bonds is 5. The van der Waals surface area contributed by atoms with Crippen LogP contribution in [0.4, 0.5) is 5.69 Å². The van der Waals surface area contributed by atoms with E-state index in [-0.39, 0.29) is 0 Å². The topological polar surface area (TPSA) is 43.8 Å². The summed E-state index contributed by atoms with van der Waals surface area (Å²) in [6, 6.07) is 18.3. The molecule has 1 saturated heterocycles. The van der Waals surface area contributed by atoms with E-state index in [1.54, 1.807) is 12.1 Å². The van der Waals surface area contributed by atoms with Crippen LogP contribution in [-0.4, -0.2) is 42.2 Å². The summed E-state index contributed by atoms with van der Waals surface area (Å²) in [7, 11) is 2.13. The zero-order valence-corrected chi connectivity index (χ0v) is 14.1. The summed E-state index contributed by atoms with van der Waals surface area (Å²) in [5, 5.41) is 9.13. The SMILES string of the molecule is CN(Cc1cccc(C(=O)O)c1)C1CCCN(c2ccccc2)C1. The lowest BCUT2D eigenvalue weighted by atomic mass is 10.0. The Hall–Kier alpha value is -2.33. The van der Waals surface area contributed by atoms with E-state index in [9.17, 15) is 4.79 Å². The van der Waals surface area contributed by atoms with Crippen molar-refractivity contribution in [3.63, 3.8) is 0 Å². The van der Waals surface area contributed by atoms with Crippen LogP contribution in [0.5, 0.6) is 0 Å². The van der Waals surface area contributed by atoms with Crippen LogP contribution in [0, 0.1) is 0 Å². The maximum absolute atomic E-state index is 11.1. The lowest BCUT2D eigenvalue weighted by molar-refractivity contribution is 0.0696. The van der Waals surface area contributed by atoms with Gasteiger partial charge in [0.1, 0.15) is 0 Å². The molecule has 1 N–H and O–H groups in total. The van der Waals surface area contributed by atoms with E-state index in [4.69, 9.17) is 5.11 Å². The zero-order chi connectivity index (χ0) is 16.9. The Morgan fingerprint density at radius 2 is 2.00 bits per heavy atom. The molecule has 0 aromatic heterocycles. The first-order chi connectivity index (χ1) is 11.6. The molecule has 4 heteroatoms. The van der Waals surface area contributed by atoms with Crippen LogP contribution in [0.15, 0.2) is 54.6 Å². The van der Waals surface area contributed by atoms with E-state index in [0.29, 0.717) is 11.6 Å². The molecule has 3 rings (SSSR count). The number of hydrogen-bond donors (Lipinski definition) is 1. The Balaban J connectivity index is 1.65. The fourth-order valence-electron chi connectivity index (χ4n) is 3.41. The minimum absolute atomic E-state index is 0.357. The largest absolute Gasteiger partial charge is 0.478 e. The normalized spacial score (nSPS) is 17.9. The maximum Gasteiger partial charge on any atom is 0.335 e. The molecule has 0 aliphatic carbocycles. The van der Waals surface area contributed by atoms with E-state index in [2.05, 4.69) is 41.1 Å². The third kappa shape index (κ3) is 3.95. The molecule has 0 saturated carbocycles.